The predicted octanol–water partition coefficient (Wildman–Crippen LogP) is 6.87. The number of benzene rings is 3. The minimum Gasteiger partial charge on any atom is -0.511 e. The van der Waals surface area contributed by atoms with Gasteiger partial charge in [0.25, 0.3) is 0 Å². The fourth-order valence-electron chi connectivity index (χ4n) is 4.00. The van der Waals surface area contributed by atoms with Crippen molar-refractivity contribution >= 4 is 17.7 Å². The monoisotopic (exact) mass is 430 g/mol. The summed E-state index contributed by atoms with van der Waals surface area (Å²) >= 11 is 1.30. The Balaban J connectivity index is 1.78. The number of cyclic esters (lactones) is 1. The van der Waals surface area contributed by atoms with Crippen LogP contribution in [-0.2, 0) is 15.1 Å². The summed E-state index contributed by atoms with van der Waals surface area (Å²) in [7, 11) is 0. The van der Waals surface area contributed by atoms with Gasteiger partial charge in [-0.1, -0.05) is 98.4 Å². The van der Waals surface area contributed by atoms with Crippen molar-refractivity contribution in [3.8, 4) is 0 Å². The summed E-state index contributed by atoms with van der Waals surface area (Å²) in [5, 5.41) is 11.1. The summed E-state index contributed by atoms with van der Waals surface area (Å²) in [6.07, 6.45) is 0.192. The molecule has 0 atom stereocenters. The van der Waals surface area contributed by atoms with Gasteiger partial charge in [-0.05, 0) is 30.0 Å². The highest BCUT2D eigenvalue weighted by atomic mass is 32.2. The van der Waals surface area contributed by atoms with Crippen LogP contribution in [0.1, 0.15) is 48.4 Å². The molecule has 1 N–H and O–H groups in total. The quantitative estimate of drug-likeness (QED) is 0.449. The number of hydrogen-bond donors (Lipinski definition) is 1. The van der Waals surface area contributed by atoms with Gasteiger partial charge in [0, 0.05) is 16.0 Å². The Kier molecular flexibility index (Phi) is 5.92. The number of aliphatic hydroxyl groups excluding tert-OH is 1. The average molecular weight is 431 g/mol. The van der Waals surface area contributed by atoms with Crippen LogP contribution in [0.2, 0.25) is 0 Å². The predicted molar refractivity (Wildman–Crippen MR) is 125 cm³/mol. The molecule has 0 saturated carbocycles. The lowest BCUT2D eigenvalue weighted by Crippen LogP contribution is -2.38. The second-order valence-corrected chi connectivity index (χ2v) is 9.25. The van der Waals surface area contributed by atoms with Crippen molar-refractivity contribution in [2.45, 2.75) is 43.6 Å². The maximum Gasteiger partial charge on any atom is 0.349 e. The van der Waals surface area contributed by atoms with Crippen LogP contribution in [0.15, 0.2) is 94.4 Å². The van der Waals surface area contributed by atoms with Crippen LogP contribution < -0.4 is 0 Å². The van der Waals surface area contributed by atoms with Crippen molar-refractivity contribution in [2.75, 3.05) is 0 Å². The normalized spacial score (nSPS) is 15.8. The topological polar surface area (TPSA) is 46.5 Å². The first-order chi connectivity index (χ1) is 14.9. The van der Waals surface area contributed by atoms with E-state index < -0.39 is 11.6 Å². The molecular formula is C27H26O3S. The number of hydrogen-bond acceptors (Lipinski definition) is 4. The SMILES string of the molecule is Cc1ccc(C(C)C)c(SC2=C(O)CC(c3ccccc3)(c3ccccc3)OC2=O)c1. The number of aliphatic hydroxyl groups is 1. The average Bonchev–Trinajstić information content (AvgIpc) is 2.77. The van der Waals surface area contributed by atoms with Crippen LogP contribution >= 0.6 is 11.8 Å². The number of aryl methyl sites for hydroxylation is 1. The van der Waals surface area contributed by atoms with Crippen molar-refractivity contribution in [3.05, 3.63) is 112 Å². The fourth-order valence-corrected chi connectivity index (χ4v) is 5.20. The summed E-state index contributed by atoms with van der Waals surface area (Å²) in [6.45, 7) is 6.27. The third kappa shape index (κ3) is 4.13. The van der Waals surface area contributed by atoms with Crippen molar-refractivity contribution in [1.29, 1.82) is 0 Å². The van der Waals surface area contributed by atoms with E-state index in [4.69, 9.17) is 4.74 Å². The summed E-state index contributed by atoms with van der Waals surface area (Å²) in [4.78, 5) is 14.5. The standard InChI is InChI=1S/C27H26O3S/c1-18(2)22-15-14-19(3)16-24(22)31-25-23(28)17-27(30-26(25)29,20-10-6-4-7-11-20)21-12-8-5-9-13-21/h4-16,18,28H,17H2,1-3H3. The summed E-state index contributed by atoms with van der Waals surface area (Å²) in [6, 6.07) is 25.5. The summed E-state index contributed by atoms with van der Waals surface area (Å²) in [5.41, 5.74) is 2.87. The molecule has 0 fully saturated rings. The second kappa shape index (κ2) is 8.64. The lowest BCUT2D eigenvalue weighted by molar-refractivity contribution is -0.154. The highest BCUT2D eigenvalue weighted by molar-refractivity contribution is 8.04. The zero-order valence-corrected chi connectivity index (χ0v) is 18.8. The van der Waals surface area contributed by atoms with Crippen LogP contribution in [-0.4, -0.2) is 11.1 Å². The van der Waals surface area contributed by atoms with Crippen molar-refractivity contribution < 1.29 is 14.6 Å². The molecule has 0 spiro atoms. The molecule has 4 heteroatoms. The fraction of sp³-hybridized carbons (Fsp3) is 0.222. The van der Waals surface area contributed by atoms with Crippen LogP contribution in [0.3, 0.4) is 0 Å². The number of rotatable bonds is 5. The highest BCUT2D eigenvalue weighted by Gasteiger charge is 2.45. The van der Waals surface area contributed by atoms with Crippen LogP contribution in [0, 0.1) is 6.92 Å². The van der Waals surface area contributed by atoms with E-state index in [0.29, 0.717) is 5.92 Å². The Morgan fingerprint density at radius 1 is 0.935 bits per heavy atom. The van der Waals surface area contributed by atoms with E-state index in [0.717, 1.165) is 27.1 Å². The third-order valence-electron chi connectivity index (χ3n) is 5.61. The molecule has 1 heterocycles. The van der Waals surface area contributed by atoms with E-state index in [2.05, 4.69) is 32.0 Å². The Morgan fingerprint density at radius 3 is 2.03 bits per heavy atom. The largest absolute Gasteiger partial charge is 0.511 e. The van der Waals surface area contributed by atoms with E-state index in [9.17, 15) is 9.90 Å². The van der Waals surface area contributed by atoms with Crippen LogP contribution in [0.4, 0.5) is 0 Å². The van der Waals surface area contributed by atoms with Gasteiger partial charge in [-0.15, -0.1) is 0 Å². The first kappa shape index (κ1) is 21.3. The molecule has 3 nitrogen and oxygen atoms in total. The van der Waals surface area contributed by atoms with Crippen molar-refractivity contribution in [2.24, 2.45) is 0 Å². The number of thioether (sulfide) groups is 1. The van der Waals surface area contributed by atoms with E-state index in [-0.39, 0.29) is 17.1 Å². The number of ether oxygens (including phenoxy) is 1. The summed E-state index contributed by atoms with van der Waals surface area (Å²) < 4.78 is 6.15. The molecule has 3 aromatic carbocycles. The molecule has 3 aromatic rings. The van der Waals surface area contributed by atoms with Crippen molar-refractivity contribution in [1.82, 2.24) is 0 Å². The van der Waals surface area contributed by atoms with E-state index in [1.165, 1.54) is 11.8 Å². The van der Waals surface area contributed by atoms with Gasteiger partial charge in [-0.2, -0.15) is 0 Å². The maximum atomic E-state index is 13.3. The van der Waals surface area contributed by atoms with Crippen molar-refractivity contribution in [3.63, 3.8) is 0 Å². The Hall–Kier alpha value is -2.98. The Morgan fingerprint density at radius 2 is 1.52 bits per heavy atom. The zero-order valence-electron chi connectivity index (χ0n) is 18.0. The van der Waals surface area contributed by atoms with E-state index in [1.807, 2.05) is 67.6 Å². The smallest absolute Gasteiger partial charge is 0.349 e. The van der Waals surface area contributed by atoms with Gasteiger partial charge in [0.15, 0.2) is 5.60 Å². The first-order valence-corrected chi connectivity index (χ1v) is 11.3. The lowest BCUT2D eigenvalue weighted by Gasteiger charge is -2.38. The molecule has 4 rings (SSSR count). The third-order valence-corrected chi connectivity index (χ3v) is 6.79. The number of esters is 1. The summed E-state index contributed by atoms with van der Waals surface area (Å²) in [5.74, 6) is -0.138. The first-order valence-electron chi connectivity index (χ1n) is 10.5. The van der Waals surface area contributed by atoms with Crippen LogP contribution in [0.25, 0.3) is 0 Å². The van der Waals surface area contributed by atoms with Gasteiger partial charge in [-0.25, -0.2) is 4.79 Å². The van der Waals surface area contributed by atoms with Gasteiger partial charge < -0.3 is 9.84 Å². The lowest BCUT2D eigenvalue weighted by atomic mass is 9.81. The van der Waals surface area contributed by atoms with Gasteiger partial charge in [0.2, 0.25) is 0 Å². The molecule has 158 valence electrons. The van der Waals surface area contributed by atoms with Gasteiger partial charge in [0.05, 0.1) is 6.42 Å². The molecule has 1 aliphatic heterocycles. The zero-order chi connectivity index (χ0) is 22.0. The molecule has 0 amide bonds. The molecule has 0 radical (unpaired) electrons. The Labute approximate surface area is 187 Å². The van der Waals surface area contributed by atoms with Gasteiger partial charge in [-0.3, -0.25) is 0 Å². The number of carbonyl (C=O) groups excluding carboxylic acids is 1. The molecule has 0 unspecified atom stereocenters. The molecule has 31 heavy (non-hydrogen) atoms. The van der Waals surface area contributed by atoms with E-state index in [1.54, 1.807) is 0 Å². The molecule has 0 aromatic heterocycles. The minimum atomic E-state index is -1.05. The van der Waals surface area contributed by atoms with E-state index >= 15 is 0 Å². The second-order valence-electron chi connectivity index (χ2n) is 8.20. The molecule has 0 aliphatic carbocycles. The van der Waals surface area contributed by atoms with Gasteiger partial charge >= 0.3 is 5.97 Å². The molecule has 1 aliphatic rings. The Bertz CT molecular complexity index is 1080. The van der Waals surface area contributed by atoms with Crippen LogP contribution in [0.5, 0.6) is 0 Å². The maximum absolute atomic E-state index is 13.3. The molecule has 0 bridgehead atoms. The van der Waals surface area contributed by atoms with Gasteiger partial charge in [0.1, 0.15) is 10.7 Å². The minimum absolute atomic E-state index is 0.0603. The molecular weight excluding hydrogens is 404 g/mol. The highest BCUT2D eigenvalue weighted by Crippen LogP contribution is 2.47. The molecule has 0 saturated heterocycles. The number of carbonyl (C=O) groups is 1.